The first-order valence-electron chi connectivity index (χ1n) is 13.4. The molecule has 4 N–H and O–H groups in total. The Labute approximate surface area is 209 Å². The van der Waals surface area contributed by atoms with Gasteiger partial charge in [0, 0.05) is 6.42 Å². The highest BCUT2D eigenvalue weighted by Crippen LogP contribution is 2.68. The Morgan fingerprint density at radius 2 is 1.77 bits per heavy atom. The third kappa shape index (κ3) is 5.05. The minimum atomic E-state index is -4.16. The van der Waals surface area contributed by atoms with E-state index < -0.39 is 34.0 Å². The molecule has 0 spiro atoms. The zero-order chi connectivity index (χ0) is 25.8. The van der Waals surface area contributed by atoms with Gasteiger partial charge < -0.3 is 20.1 Å². The lowest BCUT2D eigenvalue weighted by Crippen LogP contribution is -2.62. The maximum atomic E-state index is 12.1. The van der Waals surface area contributed by atoms with E-state index in [1.165, 1.54) is 0 Å². The van der Waals surface area contributed by atoms with Crippen molar-refractivity contribution in [2.45, 2.75) is 96.9 Å². The van der Waals surface area contributed by atoms with Gasteiger partial charge in [-0.1, -0.05) is 20.8 Å². The van der Waals surface area contributed by atoms with Crippen molar-refractivity contribution < 1.29 is 37.8 Å². The number of ether oxygens (including phenoxy) is 1. The van der Waals surface area contributed by atoms with Gasteiger partial charge in [-0.3, -0.25) is 9.35 Å². The zero-order valence-electron chi connectivity index (χ0n) is 21.3. The van der Waals surface area contributed by atoms with Crippen molar-refractivity contribution in [2.24, 2.45) is 46.3 Å². The molecule has 8 nitrogen and oxygen atoms in total. The van der Waals surface area contributed by atoms with Gasteiger partial charge in [0.2, 0.25) is 0 Å². The van der Waals surface area contributed by atoms with Crippen molar-refractivity contribution in [2.75, 3.05) is 12.4 Å². The molecule has 0 heterocycles. The van der Waals surface area contributed by atoms with Crippen LogP contribution in [0.3, 0.4) is 0 Å². The predicted molar refractivity (Wildman–Crippen MR) is 130 cm³/mol. The quantitative estimate of drug-likeness (QED) is 0.299. The molecule has 4 aliphatic carbocycles. The maximum absolute atomic E-state index is 12.1. The lowest BCUT2D eigenvalue weighted by atomic mass is 9.43. The Morgan fingerprint density at radius 1 is 1.06 bits per heavy atom. The normalized spacial score (nSPS) is 46.3. The van der Waals surface area contributed by atoms with E-state index in [2.05, 4.69) is 20.8 Å². The maximum Gasteiger partial charge on any atom is 0.305 e. The summed E-state index contributed by atoms with van der Waals surface area (Å²) in [7, 11) is -4.16. The van der Waals surface area contributed by atoms with Crippen LogP contribution in [0.25, 0.3) is 0 Å². The van der Waals surface area contributed by atoms with E-state index in [9.17, 15) is 28.5 Å². The minimum Gasteiger partial charge on any atom is -0.464 e. The second-order valence-electron chi connectivity index (χ2n) is 12.5. The summed E-state index contributed by atoms with van der Waals surface area (Å²) in [6, 6.07) is 0. The number of carbonyl (C=O) groups is 1. The molecule has 35 heavy (non-hydrogen) atoms. The Kier molecular flexibility index (Phi) is 7.69. The summed E-state index contributed by atoms with van der Waals surface area (Å²) in [5.74, 6) is 0.231. The van der Waals surface area contributed by atoms with Crippen LogP contribution in [0.15, 0.2) is 0 Å². The smallest absolute Gasteiger partial charge is 0.305 e. The highest BCUT2D eigenvalue weighted by atomic mass is 32.2. The van der Waals surface area contributed by atoms with Crippen LogP contribution in [0.1, 0.15) is 78.6 Å². The van der Waals surface area contributed by atoms with Gasteiger partial charge in [0.15, 0.2) is 0 Å². The van der Waals surface area contributed by atoms with Gasteiger partial charge in [-0.25, -0.2) is 0 Å². The van der Waals surface area contributed by atoms with E-state index in [1.807, 2.05) is 0 Å². The summed E-state index contributed by atoms with van der Waals surface area (Å²) in [6.07, 6.45) is 5.39. The first-order valence-corrected chi connectivity index (χ1v) is 15.0. The summed E-state index contributed by atoms with van der Waals surface area (Å²) < 4.78 is 35.3. The van der Waals surface area contributed by atoms with Crippen molar-refractivity contribution >= 4 is 16.1 Å². The molecular formula is C26H44O8S. The van der Waals surface area contributed by atoms with Crippen LogP contribution in [0, 0.1) is 46.3 Å². The molecule has 0 aromatic heterocycles. The number of carbonyl (C=O) groups excluding carboxylic acids is 1. The van der Waals surface area contributed by atoms with Crippen LogP contribution in [0.2, 0.25) is 0 Å². The fourth-order valence-corrected chi connectivity index (χ4v) is 9.31. The first-order chi connectivity index (χ1) is 16.3. The molecule has 11 atom stereocenters. The number of hydrogen-bond acceptors (Lipinski definition) is 7. The lowest BCUT2D eigenvalue weighted by molar-refractivity contribution is -0.207. The monoisotopic (exact) mass is 516 g/mol. The molecule has 0 radical (unpaired) electrons. The highest BCUT2D eigenvalue weighted by molar-refractivity contribution is 7.85. The molecule has 0 amide bonds. The van der Waals surface area contributed by atoms with Crippen LogP contribution in [0.4, 0.5) is 0 Å². The summed E-state index contributed by atoms with van der Waals surface area (Å²) in [5.41, 5.74) is -0.283. The Bertz CT molecular complexity index is 892. The SMILES string of the molecule is C[C@H](CCC(=O)OCCS(=O)(=O)O)[C@H]1CC[C@H]2[C@@H]3[C@H](O)C[C@@H]4C[C@H](O)CC[C@]4(C)[C@H]3C[C@H](O)[C@]12C. The number of hydrogen-bond donors (Lipinski definition) is 4. The van der Waals surface area contributed by atoms with Gasteiger partial charge >= 0.3 is 5.97 Å². The average Bonchev–Trinajstić information content (AvgIpc) is 3.12. The molecule has 4 saturated carbocycles. The van der Waals surface area contributed by atoms with Gasteiger partial charge in [0.05, 0.1) is 18.3 Å². The fraction of sp³-hybridized carbons (Fsp3) is 0.962. The molecule has 4 fully saturated rings. The van der Waals surface area contributed by atoms with Crippen molar-refractivity contribution in [3.63, 3.8) is 0 Å². The molecule has 0 aromatic rings. The van der Waals surface area contributed by atoms with E-state index in [1.54, 1.807) is 0 Å². The largest absolute Gasteiger partial charge is 0.464 e. The Balaban J connectivity index is 1.43. The van der Waals surface area contributed by atoms with Crippen LogP contribution < -0.4 is 0 Å². The Hall–Kier alpha value is -0.740. The van der Waals surface area contributed by atoms with Crippen molar-refractivity contribution in [3.05, 3.63) is 0 Å². The predicted octanol–water partition coefficient (Wildman–Crippen LogP) is 2.80. The van der Waals surface area contributed by atoms with E-state index in [-0.39, 0.29) is 59.6 Å². The van der Waals surface area contributed by atoms with Gasteiger partial charge in [-0.05, 0) is 97.7 Å². The van der Waals surface area contributed by atoms with Crippen molar-refractivity contribution in [1.82, 2.24) is 0 Å². The molecule has 202 valence electrons. The summed E-state index contributed by atoms with van der Waals surface area (Å²) in [6.45, 7) is 6.26. The second-order valence-corrected chi connectivity index (χ2v) is 14.1. The summed E-state index contributed by atoms with van der Waals surface area (Å²) in [5, 5.41) is 33.2. The Morgan fingerprint density at radius 3 is 2.46 bits per heavy atom. The molecule has 0 saturated heterocycles. The van der Waals surface area contributed by atoms with E-state index in [0.29, 0.717) is 18.8 Å². The molecule has 4 aliphatic rings. The first kappa shape index (κ1) is 27.3. The lowest BCUT2D eigenvalue weighted by Gasteiger charge is -2.63. The molecule has 4 rings (SSSR count). The van der Waals surface area contributed by atoms with Crippen molar-refractivity contribution in [1.29, 1.82) is 0 Å². The van der Waals surface area contributed by atoms with Gasteiger partial charge in [0.25, 0.3) is 10.1 Å². The van der Waals surface area contributed by atoms with Gasteiger partial charge in [-0.2, -0.15) is 8.42 Å². The minimum absolute atomic E-state index is 0.0426. The highest BCUT2D eigenvalue weighted by Gasteiger charge is 2.65. The van der Waals surface area contributed by atoms with Crippen LogP contribution in [-0.2, 0) is 19.6 Å². The van der Waals surface area contributed by atoms with Crippen LogP contribution >= 0.6 is 0 Å². The third-order valence-electron chi connectivity index (χ3n) is 10.9. The number of fused-ring (bicyclic) bond motifs is 5. The summed E-state index contributed by atoms with van der Waals surface area (Å²) >= 11 is 0. The van der Waals surface area contributed by atoms with E-state index in [0.717, 1.165) is 38.5 Å². The van der Waals surface area contributed by atoms with Crippen LogP contribution in [-0.4, -0.2) is 64.9 Å². The van der Waals surface area contributed by atoms with E-state index >= 15 is 0 Å². The zero-order valence-corrected chi connectivity index (χ0v) is 22.1. The molecular weight excluding hydrogens is 472 g/mol. The fourth-order valence-electron chi connectivity index (χ4n) is 9.01. The number of aliphatic hydroxyl groups excluding tert-OH is 3. The number of esters is 1. The average molecular weight is 517 g/mol. The summed E-state index contributed by atoms with van der Waals surface area (Å²) in [4.78, 5) is 12.1. The molecule has 0 unspecified atom stereocenters. The second kappa shape index (κ2) is 9.86. The van der Waals surface area contributed by atoms with Gasteiger partial charge in [0.1, 0.15) is 12.4 Å². The topological polar surface area (TPSA) is 141 Å². The van der Waals surface area contributed by atoms with Crippen molar-refractivity contribution in [3.8, 4) is 0 Å². The molecule has 0 aliphatic heterocycles. The van der Waals surface area contributed by atoms with Gasteiger partial charge in [-0.15, -0.1) is 0 Å². The molecule has 9 heteroatoms. The standard InChI is InChI=1S/C26H44O8S/c1-15(4-7-23(30)34-10-11-35(31,32)33)18-5-6-19-24-20(14-22(29)26(18,19)3)25(2)9-8-17(27)12-16(25)13-21(24)28/h15-22,24,27-29H,4-14H2,1-3H3,(H,31,32,33)/t15-,16+,17-,18-,19+,20+,21-,22+,24+,25+,26-/m1/s1. The van der Waals surface area contributed by atoms with E-state index in [4.69, 9.17) is 9.29 Å². The third-order valence-corrected chi connectivity index (χ3v) is 11.6. The van der Waals surface area contributed by atoms with Crippen LogP contribution in [0.5, 0.6) is 0 Å². The number of rotatable bonds is 7. The molecule has 0 aromatic carbocycles. The number of aliphatic hydroxyl groups is 3. The molecule has 0 bridgehead atoms.